The van der Waals surface area contributed by atoms with E-state index in [4.69, 9.17) is 11.6 Å². The summed E-state index contributed by atoms with van der Waals surface area (Å²) >= 11 is 6.39. The van der Waals surface area contributed by atoms with E-state index in [1.165, 1.54) is 40.2 Å². The first-order valence-electron chi connectivity index (χ1n) is 13.7. The van der Waals surface area contributed by atoms with Gasteiger partial charge < -0.3 is 0 Å². The van der Waals surface area contributed by atoms with Crippen molar-refractivity contribution in [2.45, 2.75) is 37.5 Å². The average molecular weight is 594 g/mol. The van der Waals surface area contributed by atoms with Crippen LogP contribution in [0.3, 0.4) is 0 Å². The fourth-order valence-electron chi connectivity index (χ4n) is 6.31. The van der Waals surface area contributed by atoms with Gasteiger partial charge in [-0.15, -0.1) is 0 Å². The van der Waals surface area contributed by atoms with Crippen molar-refractivity contribution in [1.29, 1.82) is 0 Å². The lowest BCUT2D eigenvalue weighted by Gasteiger charge is -2.38. The topological polar surface area (TPSA) is 55.2 Å². The number of fused-ring (bicyclic) bond motifs is 2. The quantitative estimate of drug-likeness (QED) is 0.219. The van der Waals surface area contributed by atoms with Crippen LogP contribution in [0.15, 0.2) is 89.5 Å². The van der Waals surface area contributed by atoms with Crippen molar-refractivity contribution in [3.8, 4) is 5.69 Å². The number of aromatic nitrogens is 2. The zero-order valence-corrected chi connectivity index (χ0v) is 24.2. The maximum atomic E-state index is 14.8. The summed E-state index contributed by atoms with van der Waals surface area (Å²) in [4.78, 5) is -0.315. The number of benzene rings is 3. The minimum Gasteiger partial charge on any atom is -0.233 e. The van der Waals surface area contributed by atoms with E-state index in [2.05, 4.69) is 18.1 Å². The van der Waals surface area contributed by atoms with Crippen molar-refractivity contribution >= 4 is 27.7 Å². The Morgan fingerprint density at radius 3 is 2.54 bits per heavy atom. The zero-order chi connectivity index (χ0) is 28.8. The van der Waals surface area contributed by atoms with Crippen molar-refractivity contribution in [3.63, 3.8) is 0 Å². The van der Waals surface area contributed by atoms with Crippen LogP contribution in [0, 0.1) is 23.0 Å². The van der Waals surface area contributed by atoms with Gasteiger partial charge in [-0.05, 0) is 96.7 Å². The molecule has 2 atom stereocenters. The lowest BCUT2D eigenvalue weighted by molar-refractivity contribution is 0.221. The van der Waals surface area contributed by atoms with E-state index in [0.29, 0.717) is 17.9 Å². The number of allylic oxidation sites excluding steroid dienone is 1. The van der Waals surface area contributed by atoms with Gasteiger partial charge in [0.25, 0.3) is 0 Å². The summed E-state index contributed by atoms with van der Waals surface area (Å²) in [5, 5.41) is 5.17. The smallest absolute Gasteiger partial charge is 0.233 e. The van der Waals surface area contributed by atoms with Crippen molar-refractivity contribution in [2.24, 2.45) is 11.3 Å². The van der Waals surface area contributed by atoms with Gasteiger partial charge in [-0.3, -0.25) is 0 Å². The number of halogens is 3. The molecule has 6 rings (SSSR count). The van der Waals surface area contributed by atoms with Gasteiger partial charge in [-0.2, -0.15) is 9.40 Å². The van der Waals surface area contributed by atoms with Crippen LogP contribution in [0.1, 0.15) is 36.6 Å². The summed E-state index contributed by atoms with van der Waals surface area (Å²) in [6.07, 6.45) is 6.76. The first-order chi connectivity index (χ1) is 19.7. The molecular weight excluding hydrogens is 564 g/mol. The van der Waals surface area contributed by atoms with Gasteiger partial charge in [-0.1, -0.05) is 54.4 Å². The number of sulfonamides is 1. The van der Waals surface area contributed by atoms with Gasteiger partial charge in [0, 0.05) is 18.1 Å². The number of nitrogens with zero attached hydrogens (tertiary/aromatic N) is 3. The first kappa shape index (κ1) is 27.8. The van der Waals surface area contributed by atoms with E-state index in [1.807, 2.05) is 29.1 Å². The summed E-state index contributed by atoms with van der Waals surface area (Å²) in [5.41, 5.74) is 4.62. The molecule has 0 saturated heterocycles. The monoisotopic (exact) mass is 593 g/mol. The van der Waals surface area contributed by atoms with Crippen LogP contribution in [0.5, 0.6) is 0 Å². The van der Waals surface area contributed by atoms with E-state index in [-0.39, 0.29) is 35.1 Å². The van der Waals surface area contributed by atoms with E-state index in [1.54, 1.807) is 24.3 Å². The minimum absolute atomic E-state index is 0.0175. The van der Waals surface area contributed by atoms with Crippen LogP contribution in [-0.4, -0.2) is 35.6 Å². The molecule has 0 spiro atoms. The van der Waals surface area contributed by atoms with Gasteiger partial charge >= 0.3 is 0 Å². The molecule has 1 saturated carbocycles. The zero-order valence-electron chi connectivity index (χ0n) is 22.6. The Bertz CT molecular complexity index is 1740. The molecule has 0 N–H and O–H groups in total. The number of hydrogen-bond acceptors (Lipinski definition) is 3. The van der Waals surface area contributed by atoms with E-state index in [9.17, 15) is 17.2 Å². The van der Waals surface area contributed by atoms with Crippen LogP contribution in [-0.2, 0) is 22.9 Å². The van der Waals surface area contributed by atoms with Gasteiger partial charge in [0.1, 0.15) is 16.5 Å². The maximum Gasteiger partial charge on any atom is 0.246 e. The molecule has 2 aliphatic rings. The Balaban J connectivity index is 1.31. The molecule has 3 aromatic carbocycles. The van der Waals surface area contributed by atoms with E-state index in [0.717, 1.165) is 35.3 Å². The number of rotatable bonds is 8. The third-order valence-electron chi connectivity index (χ3n) is 8.69. The molecule has 41 heavy (non-hydrogen) atoms. The molecule has 5 nitrogen and oxygen atoms in total. The molecule has 2 aliphatic carbocycles. The highest BCUT2D eigenvalue weighted by atomic mass is 35.5. The van der Waals surface area contributed by atoms with Gasteiger partial charge in [-0.25, -0.2) is 21.9 Å². The molecule has 1 fully saturated rings. The molecule has 0 unspecified atom stereocenters. The summed E-state index contributed by atoms with van der Waals surface area (Å²) in [6, 6.07) is 19.2. The van der Waals surface area contributed by atoms with Crippen LogP contribution >= 0.6 is 11.6 Å². The van der Waals surface area contributed by atoms with Gasteiger partial charge in [0.15, 0.2) is 0 Å². The van der Waals surface area contributed by atoms with Crippen LogP contribution in [0.25, 0.3) is 11.8 Å². The average Bonchev–Trinajstić information content (AvgIpc) is 3.50. The molecule has 212 valence electrons. The molecule has 1 heterocycles. The summed E-state index contributed by atoms with van der Waals surface area (Å²) in [5.74, 6) is -1.04. The highest BCUT2D eigenvalue weighted by Crippen LogP contribution is 2.53. The second-order valence-corrected chi connectivity index (χ2v) is 13.4. The Labute approximate surface area is 244 Å². The van der Waals surface area contributed by atoms with Crippen molar-refractivity contribution in [3.05, 3.63) is 118 Å². The van der Waals surface area contributed by atoms with Crippen LogP contribution in [0.4, 0.5) is 8.78 Å². The van der Waals surface area contributed by atoms with Crippen LogP contribution in [0.2, 0.25) is 5.02 Å². The normalized spacial score (nSPS) is 20.1. The summed E-state index contributed by atoms with van der Waals surface area (Å²) < 4.78 is 59.4. The molecular formula is C32H30ClF2N3O2S. The predicted octanol–water partition coefficient (Wildman–Crippen LogP) is 7.09. The predicted molar refractivity (Wildman–Crippen MR) is 156 cm³/mol. The highest BCUT2D eigenvalue weighted by molar-refractivity contribution is 7.89. The van der Waals surface area contributed by atoms with Crippen LogP contribution < -0.4 is 0 Å². The molecule has 0 amide bonds. The largest absolute Gasteiger partial charge is 0.246 e. The third kappa shape index (κ3) is 5.13. The Morgan fingerprint density at radius 1 is 1.05 bits per heavy atom. The second-order valence-electron chi connectivity index (χ2n) is 11.1. The molecule has 0 aliphatic heterocycles. The Morgan fingerprint density at radius 2 is 1.78 bits per heavy atom. The molecule has 9 heteroatoms. The molecule has 1 aromatic heterocycles. The molecule has 4 aromatic rings. The SMILES string of the molecule is C[C@]12Cc3cnn(-c4ccc(F)cc4)c3C=C1CC[C@@H]2CN(CCc1ccccc1Cl)S(=O)(=O)c1ccccc1F. The van der Waals surface area contributed by atoms with Crippen molar-refractivity contribution in [1.82, 2.24) is 14.1 Å². The fourth-order valence-corrected chi connectivity index (χ4v) is 8.09. The Kier molecular flexibility index (Phi) is 7.34. The fraction of sp³-hybridized carbons (Fsp3) is 0.281. The summed E-state index contributed by atoms with van der Waals surface area (Å²) in [7, 11) is -4.11. The second kappa shape index (κ2) is 10.8. The van der Waals surface area contributed by atoms with Crippen molar-refractivity contribution < 1.29 is 17.2 Å². The summed E-state index contributed by atoms with van der Waals surface area (Å²) in [6.45, 7) is 2.63. The Hall–Kier alpha value is -3.33. The standard InChI is InChI=1S/C32H30ClF2N3O2S/c1-32-19-23-20-36-38(27-14-12-26(34)13-15-27)30(23)18-24(32)10-11-25(32)21-37(17-16-22-6-2-3-7-28(22)33)41(39,40)31-9-5-4-8-29(31)35/h2-9,12-15,18,20,25H,10-11,16-17,19,21H2,1H3/t25-,32+/m1/s1. The van der Waals surface area contributed by atoms with E-state index < -0.39 is 15.8 Å². The molecule has 0 radical (unpaired) electrons. The van der Waals surface area contributed by atoms with Gasteiger partial charge in [0.2, 0.25) is 10.0 Å². The highest BCUT2D eigenvalue weighted by Gasteiger charge is 2.47. The lowest BCUT2D eigenvalue weighted by atomic mass is 9.70. The third-order valence-corrected chi connectivity index (χ3v) is 11.0. The molecule has 0 bridgehead atoms. The lowest BCUT2D eigenvalue weighted by Crippen LogP contribution is -2.42. The minimum atomic E-state index is -4.11. The van der Waals surface area contributed by atoms with E-state index >= 15 is 0 Å². The van der Waals surface area contributed by atoms with Gasteiger partial charge in [0.05, 0.1) is 17.6 Å². The first-order valence-corrected chi connectivity index (χ1v) is 15.5. The maximum absolute atomic E-state index is 14.8. The van der Waals surface area contributed by atoms with Crippen molar-refractivity contribution in [2.75, 3.05) is 13.1 Å². The number of hydrogen-bond donors (Lipinski definition) is 0.